The molecule has 2 aliphatic rings. The van der Waals surface area contributed by atoms with Crippen molar-refractivity contribution < 1.29 is 9.36 Å². The lowest BCUT2D eigenvalue weighted by atomic mass is 10.1. The Balaban J connectivity index is 2.16. The summed E-state index contributed by atoms with van der Waals surface area (Å²) in [6.45, 7) is 1.29. The molecule has 0 spiro atoms. The second-order valence-electron chi connectivity index (χ2n) is 4.49. The molecule has 2 aliphatic heterocycles. The smallest absolute Gasteiger partial charge is 0.233 e. The molecule has 0 aromatic carbocycles. The van der Waals surface area contributed by atoms with Gasteiger partial charge in [-0.2, -0.15) is 0 Å². The van der Waals surface area contributed by atoms with Crippen LogP contribution in [0, 0.1) is 0 Å². The number of carbonyl (C=O) groups is 1. The summed E-state index contributed by atoms with van der Waals surface area (Å²) in [7, 11) is -3.13. The van der Waals surface area contributed by atoms with Gasteiger partial charge in [0.05, 0.1) is 6.17 Å². The highest BCUT2D eigenvalue weighted by Gasteiger charge is 2.44. The van der Waals surface area contributed by atoms with Crippen molar-refractivity contribution >= 4 is 13.4 Å². The summed E-state index contributed by atoms with van der Waals surface area (Å²) in [6.07, 6.45) is 2.88. The number of hydrogen-bond acceptors (Lipinski definition) is 3. The molecule has 2 heterocycles. The first kappa shape index (κ1) is 12.0. The van der Waals surface area contributed by atoms with Crippen LogP contribution in [0.4, 0.5) is 0 Å². The van der Waals surface area contributed by atoms with E-state index in [1.165, 1.54) is 0 Å². The quantitative estimate of drug-likeness (QED) is 0.585. The molecule has 3 atom stereocenters. The van der Waals surface area contributed by atoms with Crippen molar-refractivity contribution in [1.82, 2.24) is 9.99 Å². The van der Waals surface area contributed by atoms with Crippen molar-refractivity contribution in [1.29, 1.82) is 0 Å². The Labute approximate surface area is 95.2 Å². The minimum absolute atomic E-state index is 0.184. The molecule has 0 saturated carbocycles. The molecule has 2 rings (SSSR count). The number of nitrogens with one attached hydrogen (secondary N) is 1. The Morgan fingerprint density at radius 1 is 1.38 bits per heavy atom. The summed E-state index contributed by atoms with van der Waals surface area (Å²) in [4.78, 5) is 11.7. The molecular weight excluding hydrogens is 227 g/mol. The van der Waals surface area contributed by atoms with Crippen LogP contribution in [0.3, 0.4) is 0 Å². The molecular formula is C9H19N4O2P. The van der Waals surface area contributed by atoms with E-state index >= 15 is 0 Å². The molecule has 5 N–H and O–H groups in total. The third-order valence-electron chi connectivity index (χ3n) is 3.37. The third kappa shape index (κ3) is 2.02. The van der Waals surface area contributed by atoms with E-state index in [0.717, 1.165) is 19.3 Å². The number of carbonyl (C=O) groups excluding carboxylic acids is 1. The Morgan fingerprint density at radius 3 is 2.69 bits per heavy atom. The molecule has 1 amide bonds. The zero-order valence-electron chi connectivity index (χ0n) is 9.26. The zero-order valence-corrected chi connectivity index (χ0v) is 10.2. The van der Waals surface area contributed by atoms with Crippen LogP contribution >= 0.6 is 7.44 Å². The minimum atomic E-state index is -3.13. The lowest BCUT2D eigenvalue weighted by Crippen LogP contribution is -2.47. The van der Waals surface area contributed by atoms with E-state index in [2.05, 4.69) is 5.32 Å². The van der Waals surface area contributed by atoms with Gasteiger partial charge in [-0.05, 0) is 25.7 Å². The van der Waals surface area contributed by atoms with E-state index in [4.69, 9.17) is 11.2 Å². The molecule has 2 saturated heterocycles. The van der Waals surface area contributed by atoms with Crippen LogP contribution in [0.5, 0.6) is 0 Å². The molecule has 0 bridgehead atoms. The predicted octanol–water partition coefficient (Wildman–Crippen LogP) is -0.203. The molecule has 7 heteroatoms. The van der Waals surface area contributed by atoms with Gasteiger partial charge >= 0.3 is 0 Å². The summed E-state index contributed by atoms with van der Waals surface area (Å²) in [5.74, 6) is -0.184. The van der Waals surface area contributed by atoms with Crippen LogP contribution in [0.1, 0.15) is 25.7 Å². The maximum atomic E-state index is 12.6. The van der Waals surface area contributed by atoms with Crippen LogP contribution in [0.15, 0.2) is 0 Å². The van der Waals surface area contributed by atoms with Gasteiger partial charge < -0.3 is 11.1 Å². The van der Waals surface area contributed by atoms with E-state index in [1.807, 2.05) is 0 Å². The summed E-state index contributed by atoms with van der Waals surface area (Å²) in [5.41, 5.74) is 11.2. The summed E-state index contributed by atoms with van der Waals surface area (Å²) < 4.78 is 14.2. The number of amides is 1. The van der Waals surface area contributed by atoms with E-state index in [0.29, 0.717) is 19.5 Å². The Bertz CT molecular complexity index is 335. The molecule has 0 aromatic heterocycles. The Morgan fingerprint density at radius 2 is 2.12 bits per heavy atom. The van der Waals surface area contributed by atoms with Crippen LogP contribution in [0.25, 0.3) is 0 Å². The first-order valence-electron chi connectivity index (χ1n) is 5.72. The highest BCUT2D eigenvalue weighted by atomic mass is 31.2. The third-order valence-corrected chi connectivity index (χ3v) is 6.06. The highest BCUT2D eigenvalue weighted by molar-refractivity contribution is 7.60. The van der Waals surface area contributed by atoms with Crippen LogP contribution in [-0.2, 0) is 9.36 Å². The van der Waals surface area contributed by atoms with Crippen molar-refractivity contribution in [3.05, 3.63) is 0 Å². The van der Waals surface area contributed by atoms with Crippen LogP contribution < -0.4 is 16.6 Å². The molecule has 0 aliphatic carbocycles. The summed E-state index contributed by atoms with van der Waals surface area (Å²) in [6, 6.07) is 0. The number of nitrogens with two attached hydrogens (primary N) is 2. The molecule has 92 valence electrons. The van der Waals surface area contributed by atoms with Crippen molar-refractivity contribution in [3.8, 4) is 0 Å². The summed E-state index contributed by atoms with van der Waals surface area (Å²) >= 11 is 0. The number of piperidine rings is 1. The fourth-order valence-corrected chi connectivity index (χ4v) is 4.82. The molecule has 1 unspecified atom stereocenters. The van der Waals surface area contributed by atoms with Gasteiger partial charge in [-0.3, -0.25) is 14.9 Å². The first-order valence-corrected chi connectivity index (χ1v) is 7.52. The number of rotatable bonds is 2. The maximum absolute atomic E-state index is 12.6. The van der Waals surface area contributed by atoms with Gasteiger partial charge in [-0.25, -0.2) is 4.67 Å². The van der Waals surface area contributed by atoms with Crippen LogP contribution in [-0.4, -0.2) is 35.5 Å². The first-order chi connectivity index (χ1) is 7.53. The normalized spacial score (nSPS) is 35.8. The second-order valence-corrected chi connectivity index (χ2v) is 6.98. The number of hydrogen-bond donors (Lipinski definition) is 3. The highest BCUT2D eigenvalue weighted by Crippen LogP contribution is 2.51. The fourth-order valence-electron chi connectivity index (χ4n) is 2.45. The van der Waals surface area contributed by atoms with Gasteiger partial charge in [-0.1, -0.05) is 0 Å². The monoisotopic (exact) mass is 246 g/mol. The fraction of sp³-hybridized carbons (Fsp3) is 0.889. The Hall–Kier alpha value is -0.420. The van der Waals surface area contributed by atoms with Gasteiger partial charge in [0.25, 0.3) is 0 Å². The molecule has 6 nitrogen and oxygen atoms in total. The van der Waals surface area contributed by atoms with Crippen molar-refractivity contribution in [3.63, 3.8) is 0 Å². The minimum Gasteiger partial charge on any atom is -0.355 e. The SMILES string of the molecule is N[C@@H]1CCCN1P(N)(=O)[C@H]1CCCNC1=O. The van der Waals surface area contributed by atoms with E-state index in [1.54, 1.807) is 4.67 Å². The average Bonchev–Trinajstić information content (AvgIpc) is 2.65. The maximum Gasteiger partial charge on any atom is 0.233 e. The lowest BCUT2D eigenvalue weighted by Gasteiger charge is -2.34. The van der Waals surface area contributed by atoms with Gasteiger partial charge in [0, 0.05) is 13.1 Å². The molecule has 0 aromatic rings. The van der Waals surface area contributed by atoms with Gasteiger partial charge in [0.15, 0.2) is 0 Å². The van der Waals surface area contributed by atoms with Crippen LogP contribution in [0.2, 0.25) is 0 Å². The van der Waals surface area contributed by atoms with Crippen molar-refractivity contribution in [2.45, 2.75) is 37.5 Å². The average molecular weight is 246 g/mol. The van der Waals surface area contributed by atoms with Gasteiger partial charge in [-0.15, -0.1) is 0 Å². The van der Waals surface area contributed by atoms with E-state index in [-0.39, 0.29) is 12.1 Å². The Kier molecular flexibility index (Phi) is 3.35. The standard InChI is InChI=1S/C9H19N4O2P/c10-8-4-2-6-13(8)16(11,15)7-3-1-5-12-9(7)14/h7-8H,1-6,10H2,(H2,11,15)(H,12,14)/t7-,8-,16?/m0/s1. The van der Waals surface area contributed by atoms with Gasteiger partial charge in [0.2, 0.25) is 13.4 Å². The predicted molar refractivity (Wildman–Crippen MR) is 61.7 cm³/mol. The second kappa shape index (κ2) is 4.45. The van der Waals surface area contributed by atoms with E-state index in [9.17, 15) is 9.36 Å². The summed E-state index contributed by atoms with van der Waals surface area (Å²) in [5, 5.41) is 2.72. The number of nitrogens with zero attached hydrogens (tertiary/aromatic N) is 1. The molecule has 16 heavy (non-hydrogen) atoms. The zero-order chi connectivity index (χ0) is 11.8. The largest absolute Gasteiger partial charge is 0.355 e. The molecule has 2 fully saturated rings. The molecule has 0 radical (unpaired) electrons. The van der Waals surface area contributed by atoms with E-state index < -0.39 is 13.1 Å². The lowest BCUT2D eigenvalue weighted by molar-refractivity contribution is -0.121. The van der Waals surface area contributed by atoms with Gasteiger partial charge in [0.1, 0.15) is 5.66 Å². The topological polar surface area (TPSA) is 101 Å². The van der Waals surface area contributed by atoms with Crippen molar-refractivity contribution in [2.24, 2.45) is 11.2 Å². The van der Waals surface area contributed by atoms with Crippen molar-refractivity contribution in [2.75, 3.05) is 13.1 Å².